The van der Waals surface area contributed by atoms with E-state index in [0.717, 1.165) is 25.4 Å². The van der Waals surface area contributed by atoms with Gasteiger partial charge in [-0.1, -0.05) is 0 Å². The van der Waals surface area contributed by atoms with Gasteiger partial charge >= 0.3 is 6.18 Å². The molecule has 2 rings (SSSR count). The van der Waals surface area contributed by atoms with E-state index in [1.807, 2.05) is 6.79 Å². The lowest BCUT2D eigenvalue weighted by Crippen LogP contribution is -2.44. The molecule has 1 aliphatic rings. The number of nitrogens with one attached hydrogen (secondary N) is 1. The van der Waals surface area contributed by atoms with Gasteiger partial charge in [0.25, 0.3) is 0 Å². The Morgan fingerprint density at radius 3 is 2.44 bits per heavy atom. The van der Waals surface area contributed by atoms with Crippen LogP contribution in [-0.2, 0) is 11.0 Å². The zero-order valence-corrected chi connectivity index (χ0v) is 9.57. The molecule has 0 bridgehead atoms. The number of nitrogens with zero attached hydrogens (tertiary/aromatic N) is 3. The van der Waals surface area contributed by atoms with Gasteiger partial charge in [0.2, 0.25) is 5.95 Å². The lowest BCUT2D eigenvalue weighted by atomic mass is 10.3. The zero-order valence-electron chi connectivity index (χ0n) is 9.57. The number of carbonyl (C=O) groups excluding carboxylic acids is 1. The first-order valence-corrected chi connectivity index (χ1v) is 5.22. The normalized spacial score (nSPS) is 15.8. The molecule has 1 fully saturated rings. The average Bonchev–Trinajstić information content (AvgIpc) is 2.41. The third kappa shape index (κ3) is 3.66. The van der Waals surface area contributed by atoms with Crippen LogP contribution in [0.25, 0.3) is 0 Å². The second-order valence-electron chi connectivity index (χ2n) is 3.48. The molecule has 1 aromatic rings. The molecular weight excluding hydrogens is 249 g/mol. The number of hydrogen-bond donors (Lipinski definition) is 1. The van der Waals surface area contributed by atoms with Crippen molar-refractivity contribution in [3.63, 3.8) is 0 Å². The number of rotatable bonds is 1. The molecule has 0 unspecified atom stereocenters. The third-order valence-corrected chi connectivity index (χ3v) is 2.33. The lowest BCUT2D eigenvalue weighted by molar-refractivity contribution is -0.141. The molecule has 1 N–H and O–H groups in total. The van der Waals surface area contributed by atoms with Crippen LogP contribution in [0, 0.1) is 0 Å². The number of piperazine rings is 1. The Kier molecular flexibility index (Phi) is 5.02. The molecular formula is C10H13F3N4O. The van der Waals surface area contributed by atoms with Gasteiger partial charge < -0.3 is 15.0 Å². The molecule has 1 aliphatic heterocycles. The summed E-state index contributed by atoms with van der Waals surface area (Å²) in [7, 11) is 0. The fourth-order valence-corrected chi connectivity index (χ4v) is 1.52. The first-order valence-electron chi connectivity index (χ1n) is 5.22. The average molecular weight is 262 g/mol. The fraction of sp³-hybridized carbons (Fsp3) is 0.500. The topological polar surface area (TPSA) is 58.1 Å². The minimum atomic E-state index is -4.41. The molecule has 1 aromatic heterocycles. The summed E-state index contributed by atoms with van der Waals surface area (Å²) in [5, 5.41) is 3.11. The highest BCUT2D eigenvalue weighted by Crippen LogP contribution is 2.28. The minimum absolute atomic E-state index is 0.149. The molecule has 5 nitrogen and oxygen atoms in total. The van der Waals surface area contributed by atoms with Gasteiger partial charge in [-0.15, -0.1) is 0 Å². The molecule has 1 saturated heterocycles. The van der Waals surface area contributed by atoms with Crippen LogP contribution in [0.1, 0.15) is 5.69 Å². The molecule has 0 saturated carbocycles. The number of anilines is 1. The van der Waals surface area contributed by atoms with Crippen molar-refractivity contribution in [3.8, 4) is 0 Å². The summed E-state index contributed by atoms with van der Waals surface area (Å²) in [6, 6.07) is 0.881. The van der Waals surface area contributed by atoms with Gasteiger partial charge in [0.05, 0.1) is 0 Å². The van der Waals surface area contributed by atoms with E-state index in [1.54, 1.807) is 4.90 Å². The first-order chi connectivity index (χ1) is 8.57. The first kappa shape index (κ1) is 14.4. The van der Waals surface area contributed by atoms with Crippen molar-refractivity contribution in [1.29, 1.82) is 0 Å². The Labute approximate surface area is 102 Å². The van der Waals surface area contributed by atoms with Gasteiger partial charge in [-0.2, -0.15) is 13.2 Å². The van der Waals surface area contributed by atoms with Crippen LogP contribution >= 0.6 is 0 Å². The van der Waals surface area contributed by atoms with E-state index in [1.165, 1.54) is 0 Å². The Morgan fingerprint density at radius 2 is 1.89 bits per heavy atom. The van der Waals surface area contributed by atoms with Crippen LogP contribution in [0.15, 0.2) is 12.3 Å². The fourth-order valence-electron chi connectivity index (χ4n) is 1.52. The SMILES string of the molecule is C=O.FC(F)(F)c1ccnc(N2CCNCC2)n1. The number of halogens is 3. The van der Waals surface area contributed by atoms with E-state index >= 15 is 0 Å². The molecule has 100 valence electrons. The molecule has 0 aromatic carbocycles. The highest BCUT2D eigenvalue weighted by atomic mass is 19.4. The minimum Gasteiger partial charge on any atom is -0.338 e. The van der Waals surface area contributed by atoms with Crippen LogP contribution in [0.4, 0.5) is 19.1 Å². The second-order valence-corrected chi connectivity index (χ2v) is 3.48. The van der Waals surface area contributed by atoms with E-state index in [0.29, 0.717) is 13.1 Å². The Hall–Kier alpha value is -1.70. The zero-order chi connectivity index (χ0) is 13.6. The van der Waals surface area contributed by atoms with Gasteiger partial charge in [-0.25, -0.2) is 9.97 Å². The van der Waals surface area contributed by atoms with Crippen molar-refractivity contribution in [2.75, 3.05) is 31.1 Å². The Balaban J connectivity index is 0.000000771. The van der Waals surface area contributed by atoms with Crippen LogP contribution in [0.3, 0.4) is 0 Å². The maximum atomic E-state index is 12.4. The predicted octanol–water partition coefficient (Wildman–Crippen LogP) is 0.720. The molecule has 0 amide bonds. The van der Waals surface area contributed by atoms with E-state index in [4.69, 9.17) is 4.79 Å². The monoisotopic (exact) mass is 262 g/mol. The van der Waals surface area contributed by atoms with Crippen molar-refractivity contribution < 1.29 is 18.0 Å². The van der Waals surface area contributed by atoms with Gasteiger partial charge in [-0.05, 0) is 6.07 Å². The Bertz CT molecular complexity index is 380. The molecule has 0 atom stereocenters. The summed E-state index contributed by atoms with van der Waals surface area (Å²) < 4.78 is 37.2. The van der Waals surface area contributed by atoms with E-state index in [-0.39, 0.29) is 5.95 Å². The highest BCUT2D eigenvalue weighted by molar-refractivity contribution is 5.31. The predicted molar refractivity (Wildman–Crippen MR) is 59.2 cm³/mol. The summed E-state index contributed by atoms with van der Waals surface area (Å²) in [6.07, 6.45) is -3.26. The van der Waals surface area contributed by atoms with Crippen LogP contribution in [-0.4, -0.2) is 42.9 Å². The third-order valence-electron chi connectivity index (χ3n) is 2.33. The maximum absolute atomic E-state index is 12.4. The van der Waals surface area contributed by atoms with Gasteiger partial charge in [-0.3, -0.25) is 0 Å². The Morgan fingerprint density at radius 1 is 1.28 bits per heavy atom. The summed E-state index contributed by atoms with van der Waals surface area (Å²) >= 11 is 0. The van der Waals surface area contributed by atoms with E-state index in [2.05, 4.69) is 15.3 Å². The van der Waals surface area contributed by atoms with Gasteiger partial charge in [0.15, 0.2) is 0 Å². The standard InChI is InChI=1S/C9H11F3N4.CH2O/c10-9(11,12)7-1-2-14-8(15-7)16-5-3-13-4-6-16;1-2/h1-2,13H,3-6H2;1H2. The second kappa shape index (κ2) is 6.29. The number of aromatic nitrogens is 2. The quantitative estimate of drug-likeness (QED) is 0.808. The summed E-state index contributed by atoms with van der Waals surface area (Å²) in [4.78, 5) is 17.1. The van der Waals surface area contributed by atoms with E-state index in [9.17, 15) is 13.2 Å². The van der Waals surface area contributed by atoms with E-state index < -0.39 is 11.9 Å². The van der Waals surface area contributed by atoms with Crippen LogP contribution in [0.2, 0.25) is 0 Å². The summed E-state index contributed by atoms with van der Waals surface area (Å²) in [5.41, 5.74) is -0.893. The smallest absolute Gasteiger partial charge is 0.338 e. The van der Waals surface area contributed by atoms with Crippen molar-refractivity contribution >= 4 is 12.7 Å². The molecule has 2 heterocycles. The molecule has 18 heavy (non-hydrogen) atoms. The molecule has 0 radical (unpaired) electrons. The summed E-state index contributed by atoms with van der Waals surface area (Å²) in [5.74, 6) is 0.149. The lowest BCUT2D eigenvalue weighted by Gasteiger charge is -2.27. The van der Waals surface area contributed by atoms with Crippen molar-refractivity contribution in [3.05, 3.63) is 18.0 Å². The van der Waals surface area contributed by atoms with Gasteiger partial charge in [0.1, 0.15) is 12.5 Å². The number of alkyl halides is 3. The largest absolute Gasteiger partial charge is 0.433 e. The molecule has 0 spiro atoms. The van der Waals surface area contributed by atoms with Crippen molar-refractivity contribution in [1.82, 2.24) is 15.3 Å². The number of hydrogen-bond acceptors (Lipinski definition) is 5. The number of carbonyl (C=O) groups is 1. The van der Waals surface area contributed by atoms with Crippen LogP contribution in [0.5, 0.6) is 0 Å². The van der Waals surface area contributed by atoms with Crippen LogP contribution < -0.4 is 10.2 Å². The highest BCUT2D eigenvalue weighted by Gasteiger charge is 2.33. The maximum Gasteiger partial charge on any atom is 0.433 e. The molecule has 0 aliphatic carbocycles. The summed E-state index contributed by atoms with van der Waals surface area (Å²) in [6.45, 7) is 4.72. The van der Waals surface area contributed by atoms with Crippen molar-refractivity contribution in [2.45, 2.75) is 6.18 Å². The van der Waals surface area contributed by atoms with Gasteiger partial charge in [0, 0.05) is 32.4 Å². The van der Waals surface area contributed by atoms with Crippen molar-refractivity contribution in [2.24, 2.45) is 0 Å². The molecule has 8 heteroatoms.